The summed E-state index contributed by atoms with van der Waals surface area (Å²) in [6, 6.07) is 10.7. The molecule has 0 spiro atoms. The molecular formula is C20H28N2O3. The topological polar surface area (TPSA) is 53.0 Å². The Morgan fingerprint density at radius 3 is 2.84 bits per heavy atom. The molecule has 1 aromatic carbocycles. The zero-order chi connectivity index (χ0) is 17.3. The molecule has 3 atom stereocenters. The predicted molar refractivity (Wildman–Crippen MR) is 95.3 cm³/mol. The molecule has 5 heteroatoms. The van der Waals surface area contributed by atoms with Gasteiger partial charge in [-0.25, -0.2) is 0 Å². The first-order valence-corrected chi connectivity index (χ1v) is 9.52. The SMILES string of the molecule is O=C([C@H]1CCCO1)N1CC[C@@]2(c3ccccc3)CN(CCO)C[C@H]2C1. The van der Waals surface area contributed by atoms with Gasteiger partial charge in [-0.3, -0.25) is 9.69 Å². The molecule has 25 heavy (non-hydrogen) atoms. The van der Waals surface area contributed by atoms with Gasteiger partial charge < -0.3 is 14.7 Å². The summed E-state index contributed by atoms with van der Waals surface area (Å²) in [4.78, 5) is 17.2. The van der Waals surface area contributed by atoms with E-state index < -0.39 is 0 Å². The number of aliphatic hydroxyl groups is 1. The number of ether oxygens (including phenoxy) is 1. The Bertz CT molecular complexity index is 602. The monoisotopic (exact) mass is 344 g/mol. The van der Waals surface area contributed by atoms with Crippen LogP contribution in [0.1, 0.15) is 24.8 Å². The van der Waals surface area contributed by atoms with Crippen LogP contribution in [0.25, 0.3) is 0 Å². The van der Waals surface area contributed by atoms with Crippen LogP contribution in [0.15, 0.2) is 30.3 Å². The summed E-state index contributed by atoms with van der Waals surface area (Å²) >= 11 is 0. The number of fused-ring (bicyclic) bond motifs is 1. The number of likely N-dealkylation sites (tertiary alicyclic amines) is 2. The lowest BCUT2D eigenvalue weighted by atomic mass is 9.68. The van der Waals surface area contributed by atoms with E-state index in [0.717, 1.165) is 45.4 Å². The Labute approximate surface area is 149 Å². The van der Waals surface area contributed by atoms with Crippen molar-refractivity contribution >= 4 is 5.91 Å². The minimum absolute atomic E-state index is 0.101. The second-order valence-electron chi connectivity index (χ2n) is 7.71. The van der Waals surface area contributed by atoms with Gasteiger partial charge in [0.05, 0.1) is 6.61 Å². The summed E-state index contributed by atoms with van der Waals surface area (Å²) in [6.07, 6.45) is 2.62. The molecule has 1 N–H and O–H groups in total. The first-order valence-electron chi connectivity index (χ1n) is 9.52. The van der Waals surface area contributed by atoms with E-state index in [9.17, 15) is 9.90 Å². The lowest BCUT2D eigenvalue weighted by molar-refractivity contribution is -0.143. The summed E-state index contributed by atoms with van der Waals surface area (Å²) < 4.78 is 5.61. The summed E-state index contributed by atoms with van der Waals surface area (Å²) in [6.45, 7) is 5.15. The van der Waals surface area contributed by atoms with Gasteiger partial charge in [-0.15, -0.1) is 0 Å². The van der Waals surface area contributed by atoms with Crippen LogP contribution in [0.5, 0.6) is 0 Å². The van der Waals surface area contributed by atoms with Gasteiger partial charge in [0.15, 0.2) is 0 Å². The second kappa shape index (κ2) is 7.06. The average Bonchev–Trinajstić information content (AvgIpc) is 3.29. The number of hydrogen-bond acceptors (Lipinski definition) is 4. The molecule has 3 aliphatic rings. The molecular weight excluding hydrogens is 316 g/mol. The fourth-order valence-electron chi connectivity index (χ4n) is 5.02. The third kappa shape index (κ3) is 3.09. The summed E-state index contributed by atoms with van der Waals surface area (Å²) in [5.41, 5.74) is 1.48. The van der Waals surface area contributed by atoms with Crippen LogP contribution in [0, 0.1) is 5.92 Å². The van der Waals surface area contributed by atoms with E-state index in [0.29, 0.717) is 19.1 Å². The third-order valence-electron chi connectivity index (χ3n) is 6.32. The highest BCUT2D eigenvalue weighted by atomic mass is 16.5. The highest BCUT2D eigenvalue weighted by molar-refractivity contribution is 5.81. The van der Waals surface area contributed by atoms with Gasteiger partial charge in [-0.2, -0.15) is 0 Å². The molecule has 3 heterocycles. The number of carbonyl (C=O) groups excluding carboxylic acids is 1. The van der Waals surface area contributed by atoms with Crippen LogP contribution < -0.4 is 0 Å². The molecule has 3 fully saturated rings. The number of amides is 1. The van der Waals surface area contributed by atoms with Gasteiger partial charge in [0.1, 0.15) is 6.10 Å². The minimum Gasteiger partial charge on any atom is -0.395 e. The summed E-state index contributed by atoms with van der Waals surface area (Å²) in [5.74, 6) is 0.598. The molecule has 0 aliphatic carbocycles. The van der Waals surface area contributed by atoms with E-state index in [1.54, 1.807) is 0 Å². The Morgan fingerprint density at radius 2 is 2.12 bits per heavy atom. The quantitative estimate of drug-likeness (QED) is 0.893. The molecule has 3 aliphatic heterocycles. The highest BCUT2D eigenvalue weighted by Crippen LogP contribution is 2.45. The van der Waals surface area contributed by atoms with Crippen LogP contribution in [-0.2, 0) is 14.9 Å². The first kappa shape index (κ1) is 17.0. The van der Waals surface area contributed by atoms with Crippen LogP contribution in [0.2, 0.25) is 0 Å². The number of benzene rings is 1. The van der Waals surface area contributed by atoms with E-state index in [4.69, 9.17) is 4.74 Å². The number of nitrogens with zero attached hydrogens (tertiary/aromatic N) is 2. The van der Waals surface area contributed by atoms with E-state index in [-0.39, 0.29) is 24.0 Å². The molecule has 1 amide bonds. The number of β-amino-alcohol motifs (C(OH)–C–C–N with tert-alkyl or cyclic N) is 1. The Morgan fingerprint density at radius 1 is 1.28 bits per heavy atom. The summed E-state index contributed by atoms with van der Waals surface area (Å²) in [5, 5.41) is 9.38. The van der Waals surface area contributed by atoms with Crippen molar-refractivity contribution in [2.24, 2.45) is 5.92 Å². The molecule has 3 saturated heterocycles. The van der Waals surface area contributed by atoms with Gasteiger partial charge in [0.2, 0.25) is 0 Å². The minimum atomic E-state index is -0.223. The van der Waals surface area contributed by atoms with E-state index >= 15 is 0 Å². The van der Waals surface area contributed by atoms with Crippen molar-refractivity contribution in [1.29, 1.82) is 0 Å². The molecule has 0 bridgehead atoms. The van der Waals surface area contributed by atoms with Gasteiger partial charge in [-0.05, 0) is 24.8 Å². The third-order valence-corrected chi connectivity index (χ3v) is 6.32. The number of piperidine rings is 1. The largest absolute Gasteiger partial charge is 0.395 e. The Hall–Kier alpha value is -1.43. The molecule has 4 rings (SSSR count). The van der Waals surface area contributed by atoms with E-state index in [1.807, 2.05) is 4.90 Å². The molecule has 0 unspecified atom stereocenters. The molecule has 5 nitrogen and oxygen atoms in total. The highest BCUT2D eigenvalue weighted by Gasteiger charge is 2.51. The van der Waals surface area contributed by atoms with Crippen molar-refractivity contribution in [3.63, 3.8) is 0 Å². The molecule has 1 aromatic rings. The van der Waals surface area contributed by atoms with Crippen LogP contribution in [-0.4, -0.2) is 72.9 Å². The van der Waals surface area contributed by atoms with Gasteiger partial charge in [-0.1, -0.05) is 30.3 Å². The van der Waals surface area contributed by atoms with E-state index in [2.05, 4.69) is 35.2 Å². The van der Waals surface area contributed by atoms with Crippen LogP contribution in [0.3, 0.4) is 0 Å². The van der Waals surface area contributed by atoms with E-state index in [1.165, 1.54) is 5.56 Å². The van der Waals surface area contributed by atoms with Crippen LogP contribution >= 0.6 is 0 Å². The van der Waals surface area contributed by atoms with Crippen molar-refractivity contribution < 1.29 is 14.6 Å². The second-order valence-corrected chi connectivity index (χ2v) is 7.71. The van der Waals surface area contributed by atoms with Crippen LogP contribution in [0.4, 0.5) is 0 Å². The molecule has 136 valence electrons. The smallest absolute Gasteiger partial charge is 0.251 e. The van der Waals surface area contributed by atoms with Crippen molar-refractivity contribution in [3.05, 3.63) is 35.9 Å². The number of aliphatic hydroxyl groups excluding tert-OH is 1. The van der Waals surface area contributed by atoms with Gasteiger partial charge in [0.25, 0.3) is 5.91 Å². The van der Waals surface area contributed by atoms with Crippen molar-refractivity contribution in [2.75, 3.05) is 45.9 Å². The lowest BCUT2D eigenvalue weighted by Crippen LogP contribution is -2.53. The molecule has 0 saturated carbocycles. The normalized spacial score (nSPS) is 32.8. The van der Waals surface area contributed by atoms with Gasteiger partial charge >= 0.3 is 0 Å². The fourth-order valence-corrected chi connectivity index (χ4v) is 5.02. The number of rotatable bonds is 4. The standard InChI is InChI=1S/C20H28N2O3/c23-11-10-21-13-17-14-22(19(24)18-7-4-12-25-18)9-8-20(17,15-21)16-5-2-1-3-6-16/h1-3,5-6,17-18,23H,4,7-15H2/t17-,18+,20-/m0/s1. The molecule has 0 radical (unpaired) electrons. The van der Waals surface area contributed by atoms with Crippen molar-refractivity contribution in [1.82, 2.24) is 9.80 Å². The zero-order valence-corrected chi connectivity index (χ0v) is 14.8. The maximum absolute atomic E-state index is 12.8. The average molecular weight is 344 g/mol. The molecule has 0 aromatic heterocycles. The predicted octanol–water partition coefficient (Wildman–Crippen LogP) is 1.26. The first-order chi connectivity index (χ1) is 12.2. The number of hydrogen-bond donors (Lipinski definition) is 1. The van der Waals surface area contributed by atoms with Gasteiger partial charge in [0, 0.05) is 50.7 Å². The maximum atomic E-state index is 12.8. The Balaban J connectivity index is 1.55. The summed E-state index contributed by atoms with van der Waals surface area (Å²) in [7, 11) is 0. The Kier molecular flexibility index (Phi) is 4.80. The lowest BCUT2D eigenvalue weighted by Gasteiger charge is -2.44. The zero-order valence-electron chi connectivity index (χ0n) is 14.8. The van der Waals surface area contributed by atoms with Crippen molar-refractivity contribution in [2.45, 2.75) is 30.8 Å². The fraction of sp³-hybridized carbons (Fsp3) is 0.650. The number of carbonyl (C=O) groups is 1. The maximum Gasteiger partial charge on any atom is 0.251 e. The van der Waals surface area contributed by atoms with Crippen molar-refractivity contribution in [3.8, 4) is 0 Å².